The second-order valence-corrected chi connectivity index (χ2v) is 6.78. The third-order valence-corrected chi connectivity index (χ3v) is 5.08. The standard InChI is InChI=1S/C11H22N2O3S/c14-17(15,9-10-1-5-12-6-2-10)13-11-3-7-16-8-4-11/h10-13H,1-9H2. The Bertz CT molecular complexity index is 294. The van der Waals surface area contributed by atoms with Gasteiger partial charge in [0, 0.05) is 19.3 Å². The summed E-state index contributed by atoms with van der Waals surface area (Å²) < 4.78 is 32.0. The second kappa shape index (κ2) is 6.13. The van der Waals surface area contributed by atoms with Crippen LogP contribution in [0.1, 0.15) is 25.7 Å². The topological polar surface area (TPSA) is 67.4 Å². The lowest BCUT2D eigenvalue weighted by Crippen LogP contribution is -2.42. The molecule has 0 aromatic carbocycles. The highest BCUT2D eigenvalue weighted by atomic mass is 32.2. The van der Waals surface area contributed by atoms with Crippen LogP contribution in [0.25, 0.3) is 0 Å². The molecule has 2 fully saturated rings. The lowest BCUT2D eigenvalue weighted by Gasteiger charge is -2.26. The molecule has 17 heavy (non-hydrogen) atoms. The summed E-state index contributed by atoms with van der Waals surface area (Å²) in [5.74, 6) is 0.597. The number of hydrogen-bond donors (Lipinski definition) is 2. The molecule has 2 aliphatic heterocycles. The first kappa shape index (κ1) is 13.3. The molecule has 0 spiro atoms. The third kappa shape index (κ3) is 4.54. The summed E-state index contributed by atoms with van der Waals surface area (Å²) in [6, 6.07) is 0.0791. The lowest BCUT2D eigenvalue weighted by molar-refractivity contribution is 0.0832. The zero-order valence-corrected chi connectivity index (χ0v) is 11.0. The van der Waals surface area contributed by atoms with Gasteiger partial charge in [0.1, 0.15) is 0 Å². The van der Waals surface area contributed by atoms with E-state index in [4.69, 9.17) is 4.74 Å². The maximum absolute atomic E-state index is 12.0. The van der Waals surface area contributed by atoms with E-state index < -0.39 is 10.0 Å². The summed E-state index contributed by atoms with van der Waals surface area (Å²) >= 11 is 0. The molecule has 0 unspecified atom stereocenters. The number of piperidine rings is 1. The van der Waals surface area contributed by atoms with Crippen LogP contribution in [0.15, 0.2) is 0 Å². The Labute approximate surface area is 103 Å². The summed E-state index contributed by atoms with van der Waals surface area (Å²) in [5.41, 5.74) is 0. The highest BCUT2D eigenvalue weighted by Crippen LogP contribution is 2.15. The van der Waals surface area contributed by atoms with Crippen molar-refractivity contribution in [3.63, 3.8) is 0 Å². The van der Waals surface area contributed by atoms with E-state index in [1.54, 1.807) is 0 Å². The normalized spacial score (nSPS) is 24.9. The Morgan fingerprint density at radius 2 is 1.76 bits per heavy atom. The van der Waals surface area contributed by atoms with E-state index in [0.717, 1.165) is 38.8 Å². The molecule has 0 aliphatic carbocycles. The van der Waals surface area contributed by atoms with Gasteiger partial charge in [0.15, 0.2) is 0 Å². The molecule has 2 N–H and O–H groups in total. The number of ether oxygens (including phenoxy) is 1. The Morgan fingerprint density at radius 3 is 2.41 bits per heavy atom. The summed E-state index contributed by atoms with van der Waals surface area (Å²) in [5, 5.41) is 3.25. The molecule has 2 aliphatic rings. The van der Waals surface area contributed by atoms with E-state index in [-0.39, 0.29) is 11.8 Å². The number of sulfonamides is 1. The summed E-state index contributed by atoms with van der Waals surface area (Å²) in [4.78, 5) is 0. The van der Waals surface area contributed by atoms with Gasteiger partial charge in [-0.1, -0.05) is 0 Å². The predicted molar refractivity (Wildman–Crippen MR) is 66.4 cm³/mol. The quantitative estimate of drug-likeness (QED) is 0.753. The number of nitrogens with one attached hydrogen (secondary N) is 2. The first-order chi connectivity index (χ1) is 8.16. The smallest absolute Gasteiger partial charge is 0.212 e. The molecule has 0 bridgehead atoms. The minimum Gasteiger partial charge on any atom is -0.381 e. The SMILES string of the molecule is O=S(=O)(CC1CCNCC1)NC1CCOCC1. The second-order valence-electron chi connectivity index (χ2n) is 4.98. The monoisotopic (exact) mass is 262 g/mol. The van der Waals surface area contributed by atoms with Gasteiger partial charge in [-0.25, -0.2) is 13.1 Å². The molecule has 0 aromatic heterocycles. The Morgan fingerprint density at radius 1 is 1.12 bits per heavy atom. The Balaban J connectivity index is 1.80. The molecular weight excluding hydrogens is 240 g/mol. The van der Waals surface area contributed by atoms with Crippen molar-refractivity contribution < 1.29 is 13.2 Å². The van der Waals surface area contributed by atoms with Crippen molar-refractivity contribution in [2.75, 3.05) is 32.1 Å². The van der Waals surface area contributed by atoms with E-state index in [9.17, 15) is 8.42 Å². The van der Waals surface area contributed by atoms with Crippen LogP contribution in [-0.4, -0.2) is 46.5 Å². The van der Waals surface area contributed by atoms with Gasteiger partial charge in [-0.05, 0) is 44.7 Å². The van der Waals surface area contributed by atoms with Crippen LogP contribution < -0.4 is 10.0 Å². The van der Waals surface area contributed by atoms with Gasteiger partial charge in [-0.3, -0.25) is 0 Å². The van der Waals surface area contributed by atoms with Crippen LogP contribution in [0.3, 0.4) is 0 Å². The number of hydrogen-bond acceptors (Lipinski definition) is 4. The fraction of sp³-hybridized carbons (Fsp3) is 1.00. The van der Waals surface area contributed by atoms with Crippen molar-refractivity contribution in [1.29, 1.82) is 0 Å². The molecule has 2 heterocycles. The average Bonchev–Trinajstić information content (AvgIpc) is 2.30. The fourth-order valence-electron chi connectivity index (χ4n) is 2.48. The molecule has 5 nitrogen and oxygen atoms in total. The minimum absolute atomic E-state index is 0.0791. The van der Waals surface area contributed by atoms with Crippen molar-refractivity contribution >= 4 is 10.0 Å². The van der Waals surface area contributed by atoms with Gasteiger partial charge in [0.25, 0.3) is 0 Å². The Kier molecular flexibility index (Phi) is 4.78. The largest absolute Gasteiger partial charge is 0.381 e. The maximum atomic E-state index is 12.0. The predicted octanol–water partition coefficient (Wildman–Crippen LogP) is 0.0844. The van der Waals surface area contributed by atoms with Crippen LogP contribution in [0.4, 0.5) is 0 Å². The summed E-state index contributed by atoms with van der Waals surface area (Å²) in [6.07, 6.45) is 3.53. The van der Waals surface area contributed by atoms with Crippen molar-refractivity contribution in [2.45, 2.75) is 31.7 Å². The van der Waals surface area contributed by atoms with Gasteiger partial charge in [0.2, 0.25) is 10.0 Å². The maximum Gasteiger partial charge on any atom is 0.212 e. The average molecular weight is 262 g/mol. The molecule has 0 atom stereocenters. The van der Waals surface area contributed by atoms with Crippen molar-refractivity contribution in [3.8, 4) is 0 Å². The number of rotatable bonds is 4. The molecule has 0 radical (unpaired) electrons. The molecule has 2 rings (SSSR count). The van der Waals surface area contributed by atoms with Crippen LogP contribution in [0.5, 0.6) is 0 Å². The third-order valence-electron chi connectivity index (χ3n) is 3.48. The molecule has 0 aromatic rings. The molecular formula is C11H22N2O3S. The van der Waals surface area contributed by atoms with Gasteiger partial charge in [0.05, 0.1) is 5.75 Å². The fourth-order valence-corrected chi connectivity index (χ4v) is 4.27. The van der Waals surface area contributed by atoms with Gasteiger partial charge < -0.3 is 10.1 Å². The van der Waals surface area contributed by atoms with Crippen molar-refractivity contribution in [3.05, 3.63) is 0 Å². The summed E-state index contributed by atoms with van der Waals surface area (Å²) in [7, 11) is -3.11. The minimum atomic E-state index is -3.11. The first-order valence-electron chi connectivity index (χ1n) is 6.44. The van der Waals surface area contributed by atoms with Crippen molar-refractivity contribution in [2.24, 2.45) is 5.92 Å². The van der Waals surface area contributed by atoms with E-state index in [1.807, 2.05) is 0 Å². The van der Waals surface area contributed by atoms with E-state index in [0.29, 0.717) is 19.1 Å². The molecule has 0 amide bonds. The van der Waals surface area contributed by atoms with E-state index >= 15 is 0 Å². The van der Waals surface area contributed by atoms with E-state index in [1.165, 1.54) is 0 Å². The first-order valence-corrected chi connectivity index (χ1v) is 8.09. The molecule has 0 saturated carbocycles. The van der Waals surface area contributed by atoms with Crippen LogP contribution in [-0.2, 0) is 14.8 Å². The van der Waals surface area contributed by atoms with Crippen LogP contribution in [0.2, 0.25) is 0 Å². The van der Waals surface area contributed by atoms with Crippen molar-refractivity contribution in [1.82, 2.24) is 10.0 Å². The molecule has 100 valence electrons. The van der Waals surface area contributed by atoms with E-state index in [2.05, 4.69) is 10.0 Å². The Hall–Kier alpha value is -0.170. The molecule has 6 heteroatoms. The van der Waals surface area contributed by atoms with Gasteiger partial charge in [-0.2, -0.15) is 0 Å². The molecule has 2 saturated heterocycles. The van der Waals surface area contributed by atoms with Gasteiger partial charge in [-0.15, -0.1) is 0 Å². The summed E-state index contributed by atoms with van der Waals surface area (Å²) in [6.45, 7) is 3.22. The zero-order chi connectivity index (χ0) is 12.1. The highest BCUT2D eigenvalue weighted by molar-refractivity contribution is 7.89. The zero-order valence-electron chi connectivity index (χ0n) is 10.2. The highest BCUT2D eigenvalue weighted by Gasteiger charge is 2.24. The van der Waals surface area contributed by atoms with Crippen LogP contribution in [0, 0.1) is 5.92 Å². The van der Waals surface area contributed by atoms with Crippen LogP contribution >= 0.6 is 0 Å². The lowest BCUT2D eigenvalue weighted by atomic mass is 10.0. The van der Waals surface area contributed by atoms with Gasteiger partial charge >= 0.3 is 0 Å².